The van der Waals surface area contributed by atoms with Gasteiger partial charge >= 0.3 is 5.97 Å². The van der Waals surface area contributed by atoms with E-state index in [1.807, 2.05) is 0 Å². The maximum atomic E-state index is 11.6. The van der Waals surface area contributed by atoms with Gasteiger partial charge in [-0.1, -0.05) is 24.3 Å². The van der Waals surface area contributed by atoms with Crippen molar-refractivity contribution < 1.29 is 19.7 Å². The topological polar surface area (TPSA) is 124 Å². The van der Waals surface area contributed by atoms with E-state index in [2.05, 4.69) is 0 Å². The van der Waals surface area contributed by atoms with Gasteiger partial charge in [0.05, 0.1) is 26.4 Å². The van der Waals surface area contributed by atoms with E-state index in [1.165, 1.54) is 36.4 Å². The number of nitro groups is 2. The molecule has 0 spiro atoms. The summed E-state index contributed by atoms with van der Waals surface area (Å²) < 4.78 is 0. The van der Waals surface area contributed by atoms with E-state index < -0.39 is 15.8 Å². The third-order valence-corrected chi connectivity index (χ3v) is 3.84. The van der Waals surface area contributed by atoms with Gasteiger partial charge < -0.3 is 5.11 Å². The summed E-state index contributed by atoms with van der Waals surface area (Å²) in [5, 5.41) is 32.7. The lowest BCUT2D eigenvalue weighted by molar-refractivity contribution is -0.384. The lowest BCUT2D eigenvalue weighted by Crippen LogP contribution is -2.03. The molecule has 0 bridgehead atoms. The fraction of sp³-hybridized carbons (Fsp3) is 0. The Balaban J connectivity index is 2.47. The molecular formula is C17H10N2O6. The molecule has 0 radical (unpaired) electrons. The molecule has 8 heteroatoms. The number of carbonyl (C=O) groups is 1. The standard InChI is InChI=1S/C17H10N2O6/c20-17(21)13-6-3-7-15(19(24)25)16(13)12-8-9-14(18(22)23)11-5-2-1-4-10(11)12/h1-9H,(H,20,21). The SMILES string of the molecule is O=C(O)c1cccc([N+](=O)[O-])c1-c1ccc([N+](=O)[O-])c2ccccc12. The van der Waals surface area contributed by atoms with E-state index in [0.29, 0.717) is 5.39 Å². The molecule has 25 heavy (non-hydrogen) atoms. The number of hydrogen-bond donors (Lipinski definition) is 1. The van der Waals surface area contributed by atoms with Gasteiger partial charge in [0.15, 0.2) is 0 Å². The van der Waals surface area contributed by atoms with E-state index in [9.17, 15) is 30.1 Å². The molecular weight excluding hydrogens is 328 g/mol. The zero-order chi connectivity index (χ0) is 18.1. The number of nitro benzene ring substituents is 2. The van der Waals surface area contributed by atoms with Crippen LogP contribution in [0.1, 0.15) is 10.4 Å². The van der Waals surface area contributed by atoms with Crippen LogP contribution in [0.25, 0.3) is 21.9 Å². The van der Waals surface area contributed by atoms with Gasteiger partial charge in [0.2, 0.25) is 0 Å². The van der Waals surface area contributed by atoms with Crippen molar-refractivity contribution in [2.75, 3.05) is 0 Å². The molecule has 0 aromatic heterocycles. The van der Waals surface area contributed by atoms with E-state index >= 15 is 0 Å². The Morgan fingerprint density at radius 3 is 2.04 bits per heavy atom. The minimum atomic E-state index is -1.32. The molecule has 8 nitrogen and oxygen atoms in total. The Morgan fingerprint density at radius 1 is 0.800 bits per heavy atom. The molecule has 0 unspecified atom stereocenters. The number of rotatable bonds is 4. The largest absolute Gasteiger partial charge is 0.478 e. The van der Waals surface area contributed by atoms with Crippen molar-refractivity contribution in [1.29, 1.82) is 0 Å². The van der Waals surface area contributed by atoms with Crippen molar-refractivity contribution >= 4 is 28.1 Å². The molecule has 0 atom stereocenters. The summed E-state index contributed by atoms with van der Waals surface area (Å²) in [5.41, 5.74) is -0.598. The van der Waals surface area contributed by atoms with Crippen LogP contribution in [0.15, 0.2) is 54.6 Å². The third-order valence-electron chi connectivity index (χ3n) is 3.84. The number of benzene rings is 3. The molecule has 3 aromatic rings. The molecule has 3 aromatic carbocycles. The zero-order valence-electron chi connectivity index (χ0n) is 12.6. The van der Waals surface area contributed by atoms with Gasteiger partial charge in [-0.25, -0.2) is 4.79 Å². The molecule has 0 heterocycles. The minimum Gasteiger partial charge on any atom is -0.478 e. The van der Waals surface area contributed by atoms with Gasteiger partial charge in [0.1, 0.15) is 0 Å². The van der Waals surface area contributed by atoms with Crippen molar-refractivity contribution in [1.82, 2.24) is 0 Å². The highest BCUT2D eigenvalue weighted by Gasteiger charge is 2.25. The van der Waals surface area contributed by atoms with Gasteiger partial charge in [-0.05, 0) is 29.1 Å². The quantitative estimate of drug-likeness (QED) is 0.566. The average molecular weight is 338 g/mol. The second-order valence-corrected chi connectivity index (χ2v) is 5.20. The third kappa shape index (κ3) is 2.65. The lowest BCUT2D eigenvalue weighted by atomic mass is 9.92. The molecule has 3 rings (SSSR count). The van der Waals surface area contributed by atoms with E-state index in [0.717, 1.165) is 0 Å². The molecule has 0 aliphatic heterocycles. The molecule has 0 fully saturated rings. The van der Waals surface area contributed by atoms with Crippen molar-refractivity contribution in [3.05, 3.63) is 80.4 Å². The number of nitrogens with zero attached hydrogens (tertiary/aromatic N) is 2. The molecule has 124 valence electrons. The van der Waals surface area contributed by atoms with Crippen LogP contribution < -0.4 is 0 Å². The van der Waals surface area contributed by atoms with Crippen LogP contribution in [-0.2, 0) is 0 Å². The Morgan fingerprint density at radius 2 is 1.44 bits per heavy atom. The first-order valence-corrected chi connectivity index (χ1v) is 7.09. The maximum Gasteiger partial charge on any atom is 0.336 e. The van der Waals surface area contributed by atoms with E-state index in [4.69, 9.17) is 0 Å². The smallest absolute Gasteiger partial charge is 0.336 e. The first-order chi connectivity index (χ1) is 11.9. The van der Waals surface area contributed by atoms with Gasteiger partial charge in [-0.2, -0.15) is 0 Å². The molecule has 0 aliphatic carbocycles. The van der Waals surface area contributed by atoms with Gasteiger partial charge in [0.25, 0.3) is 11.4 Å². The van der Waals surface area contributed by atoms with Crippen molar-refractivity contribution in [3.8, 4) is 11.1 Å². The highest BCUT2D eigenvalue weighted by atomic mass is 16.6. The first kappa shape index (κ1) is 16.1. The van der Waals surface area contributed by atoms with Crippen LogP contribution in [0.3, 0.4) is 0 Å². The van der Waals surface area contributed by atoms with Crippen molar-refractivity contribution in [2.45, 2.75) is 0 Å². The monoisotopic (exact) mass is 338 g/mol. The summed E-state index contributed by atoms with van der Waals surface area (Å²) in [4.78, 5) is 32.9. The highest BCUT2D eigenvalue weighted by Crippen LogP contribution is 2.40. The summed E-state index contributed by atoms with van der Waals surface area (Å²) in [6, 6.07) is 12.7. The van der Waals surface area contributed by atoms with E-state index in [-0.39, 0.29) is 33.5 Å². The van der Waals surface area contributed by atoms with Crippen LogP contribution in [0, 0.1) is 20.2 Å². The van der Waals surface area contributed by atoms with Crippen LogP contribution in [0.2, 0.25) is 0 Å². The number of hydrogen-bond acceptors (Lipinski definition) is 5. The summed E-state index contributed by atoms with van der Waals surface area (Å²) in [6.07, 6.45) is 0. The van der Waals surface area contributed by atoms with Crippen LogP contribution in [0.5, 0.6) is 0 Å². The predicted octanol–water partition coefficient (Wildman–Crippen LogP) is 4.02. The molecule has 0 amide bonds. The number of fused-ring (bicyclic) bond motifs is 1. The van der Waals surface area contributed by atoms with E-state index in [1.54, 1.807) is 18.2 Å². The summed E-state index contributed by atoms with van der Waals surface area (Å²) in [5.74, 6) is -1.32. The first-order valence-electron chi connectivity index (χ1n) is 7.09. The number of aromatic carboxylic acids is 1. The van der Waals surface area contributed by atoms with Gasteiger partial charge in [-0.3, -0.25) is 20.2 Å². The van der Waals surface area contributed by atoms with Crippen LogP contribution >= 0.6 is 0 Å². The second-order valence-electron chi connectivity index (χ2n) is 5.20. The Labute approximate surface area is 140 Å². The number of carboxylic acid groups (broad SMARTS) is 1. The number of carboxylic acids is 1. The molecule has 0 saturated heterocycles. The second kappa shape index (κ2) is 6.00. The highest BCUT2D eigenvalue weighted by molar-refractivity contribution is 6.08. The summed E-state index contributed by atoms with van der Waals surface area (Å²) in [7, 11) is 0. The average Bonchev–Trinajstić information content (AvgIpc) is 2.59. The number of non-ortho nitro benzene ring substituents is 1. The molecule has 0 aliphatic rings. The minimum absolute atomic E-state index is 0.0777. The Hall–Kier alpha value is -3.81. The normalized spacial score (nSPS) is 10.6. The fourth-order valence-corrected chi connectivity index (χ4v) is 2.81. The van der Waals surface area contributed by atoms with Gasteiger partial charge in [0, 0.05) is 12.1 Å². The lowest BCUT2D eigenvalue weighted by Gasteiger charge is -2.11. The summed E-state index contributed by atoms with van der Waals surface area (Å²) >= 11 is 0. The summed E-state index contributed by atoms with van der Waals surface area (Å²) in [6.45, 7) is 0. The maximum absolute atomic E-state index is 11.6. The molecule has 0 saturated carbocycles. The predicted molar refractivity (Wildman–Crippen MR) is 89.7 cm³/mol. The fourth-order valence-electron chi connectivity index (χ4n) is 2.81. The van der Waals surface area contributed by atoms with Crippen LogP contribution in [0.4, 0.5) is 11.4 Å². The van der Waals surface area contributed by atoms with Crippen molar-refractivity contribution in [3.63, 3.8) is 0 Å². The Bertz CT molecular complexity index is 1010. The zero-order valence-corrected chi connectivity index (χ0v) is 12.6. The van der Waals surface area contributed by atoms with Crippen LogP contribution in [-0.4, -0.2) is 20.9 Å². The Kier molecular flexibility index (Phi) is 3.86. The molecule has 1 N–H and O–H groups in total. The van der Waals surface area contributed by atoms with Gasteiger partial charge in [-0.15, -0.1) is 0 Å². The van der Waals surface area contributed by atoms with Crippen molar-refractivity contribution in [2.24, 2.45) is 0 Å².